The number of hydrogen-bond donors (Lipinski definition) is 1. The molecule has 0 atom stereocenters. The highest BCUT2D eigenvalue weighted by Crippen LogP contribution is 2.31. The van der Waals surface area contributed by atoms with Crippen LogP contribution in [0.2, 0.25) is 5.02 Å². The van der Waals surface area contributed by atoms with Crippen LogP contribution in [0.15, 0.2) is 36.5 Å². The smallest absolute Gasteiger partial charge is 0.111 e. The first-order chi connectivity index (χ1) is 6.70. The molecule has 0 aliphatic carbocycles. The lowest BCUT2D eigenvalue weighted by molar-refractivity contribution is 0.942. The van der Waals surface area contributed by atoms with Crippen LogP contribution < -0.4 is 5.73 Å². The van der Waals surface area contributed by atoms with Crippen molar-refractivity contribution in [2.45, 2.75) is 0 Å². The molecular weight excluding hydrogens is 196 g/mol. The molecule has 0 spiro atoms. The minimum absolute atomic E-state index is 0.727. The van der Waals surface area contributed by atoms with E-state index in [4.69, 9.17) is 17.3 Å². The summed E-state index contributed by atoms with van der Waals surface area (Å²) in [5.41, 5.74) is 7.87. The molecule has 3 heteroatoms. The second-order valence-electron chi connectivity index (χ2n) is 3.21. The third-order valence-corrected chi connectivity index (χ3v) is 2.61. The van der Waals surface area contributed by atoms with Crippen LogP contribution in [0.1, 0.15) is 0 Å². The number of aryl methyl sites for hydroxylation is 1. The molecule has 14 heavy (non-hydrogen) atoms. The van der Waals surface area contributed by atoms with Crippen LogP contribution >= 0.6 is 11.6 Å². The highest BCUT2D eigenvalue weighted by molar-refractivity contribution is 6.33. The molecule has 0 amide bonds. The molecule has 1 aromatic carbocycles. The van der Waals surface area contributed by atoms with Gasteiger partial charge < -0.3 is 10.3 Å². The lowest BCUT2D eigenvalue weighted by Gasteiger charge is -2.03. The molecular formula is C11H11ClN2. The maximum Gasteiger partial charge on any atom is 0.111 e. The Balaban J connectivity index is 2.60. The van der Waals surface area contributed by atoms with Crippen molar-refractivity contribution >= 4 is 17.4 Å². The lowest BCUT2D eigenvalue weighted by atomic mass is 10.1. The first-order valence-electron chi connectivity index (χ1n) is 4.36. The highest BCUT2D eigenvalue weighted by atomic mass is 35.5. The number of nitrogens with zero attached hydrogens (tertiary/aromatic N) is 1. The van der Waals surface area contributed by atoms with Gasteiger partial charge in [-0.2, -0.15) is 0 Å². The van der Waals surface area contributed by atoms with Gasteiger partial charge in [-0.3, -0.25) is 0 Å². The molecule has 0 aliphatic rings. The molecule has 2 N–H and O–H groups in total. The Morgan fingerprint density at radius 2 is 1.86 bits per heavy atom. The van der Waals surface area contributed by atoms with Crippen molar-refractivity contribution in [2.75, 3.05) is 5.73 Å². The van der Waals surface area contributed by atoms with Crippen LogP contribution in [0.3, 0.4) is 0 Å². The molecule has 1 aromatic heterocycles. The van der Waals surface area contributed by atoms with E-state index in [0.29, 0.717) is 0 Å². The fourth-order valence-electron chi connectivity index (χ4n) is 1.45. The van der Waals surface area contributed by atoms with E-state index < -0.39 is 0 Å². The zero-order valence-electron chi connectivity index (χ0n) is 7.87. The third-order valence-electron chi connectivity index (χ3n) is 2.28. The molecule has 1 heterocycles. The first-order valence-corrected chi connectivity index (χ1v) is 4.73. The Labute approximate surface area is 87.9 Å². The zero-order valence-corrected chi connectivity index (χ0v) is 8.62. The van der Waals surface area contributed by atoms with Crippen molar-refractivity contribution in [2.24, 2.45) is 7.05 Å². The number of nitrogen functional groups attached to an aromatic ring is 1. The van der Waals surface area contributed by atoms with E-state index in [-0.39, 0.29) is 0 Å². The molecule has 0 fully saturated rings. The summed E-state index contributed by atoms with van der Waals surface area (Å²) in [5.74, 6) is 0.734. The second-order valence-corrected chi connectivity index (χ2v) is 3.61. The molecule has 0 aliphatic heterocycles. The largest absolute Gasteiger partial charge is 0.385 e. The number of rotatable bonds is 1. The summed E-state index contributed by atoms with van der Waals surface area (Å²) in [6.07, 6.45) is 1.92. The van der Waals surface area contributed by atoms with Crippen LogP contribution in [0, 0.1) is 0 Å². The van der Waals surface area contributed by atoms with E-state index in [1.165, 1.54) is 0 Å². The van der Waals surface area contributed by atoms with Crippen molar-refractivity contribution in [3.05, 3.63) is 41.6 Å². The topological polar surface area (TPSA) is 30.9 Å². The van der Waals surface area contributed by atoms with Gasteiger partial charge in [-0.05, 0) is 12.1 Å². The summed E-state index contributed by atoms with van der Waals surface area (Å²) >= 11 is 6.08. The average molecular weight is 207 g/mol. The van der Waals surface area contributed by atoms with Gasteiger partial charge in [0.05, 0.1) is 0 Å². The van der Waals surface area contributed by atoms with Gasteiger partial charge in [0.15, 0.2) is 0 Å². The molecule has 0 saturated carbocycles. The van der Waals surface area contributed by atoms with E-state index in [1.807, 2.05) is 48.1 Å². The number of halogens is 1. The average Bonchev–Trinajstić information content (AvgIpc) is 2.49. The first kappa shape index (κ1) is 9.16. The second kappa shape index (κ2) is 3.39. The maximum atomic E-state index is 6.08. The normalized spacial score (nSPS) is 10.4. The quantitative estimate of drug-likeness (QED) is 0.764. The minimum Gasteiger partial charge on any atom is -0.385 e. The van der Waals surface area contributed by atoms with Crippen LogP contribution in [0.25, 0.3) is 11.1 Å². The SMILES string of the molecule is Cn1ccc(-c2ccccc2Cl)c1N. The predicted octanol–water partition coefficient (Wildman–Crippen LogP) is 2.93. The summed E-state index contributed by atoms with van der Waals surface area (Å²) in [4.78, 5) is 0. The van der Waals surface area contributed by atoms with E-state index in [0.717, 1.165) is 22.0 Å². The van der Waals surface area contributed by atoms with Gasteiger partial charge in [-0.1, -0.05) is 29.8 Å². The lowest BCUT2D eigenvalue weighted by Crippen LogP contribution is -1.95. The van der Waals surface area contributed by atoms with Crippen molar-refractivity contribution in [1.29, 1.82) is 0 Å². The van der Waals surface area contributed by atoms with E-state index in [1.54, 1.807) is 0 Å². The predicted molar refractivity (Wildman–Crippen MR) is 60.3 cm³/mol. The minimum atomic E-state index is 0.727. The molecule has 2 nitrogen and oxygen atoms in total. The molecule has 0 radical (unpaired) electrons. The van der Waals surface area contributed by atoms with Crippen LogP contribution in [0.4, 0.5) is 5.82 Å². The van der Waals surface area contributed by atoms with Crippen LogP contribution in [-0.2, 0) is 7.05 Å². The zero-order chi connectivity index (χ0) is 10.1. The summed E-state index contributed by atoms with van der Waals surface area (Å²) in [5, 5.41) is 0.727. The number of benzene rings is 1. The Hall–Kier alpha value is -1.41. The summed E-state index contributed by atoms with van der Waals surface area (Å²) in [6, 6.07) is 9.66. The van der Waals surface area contributed by atoms with Crippen molar-refractivity contribution in [3.8, 4) is 11.1 Å². The highest BCUT2D eigenvalue weighted by Gasteiger charge is 2.08. The van der Waals surface area contributed by atoms with Crippen molar-refractivity contribution < 1.29 is 0 Å². The molecule has 0 unspecified atom stereocenters. The van der Waals surface area contributed by atoms with E-state index in [2.05, 4.69) is 0 Å². The number of aromatic nitrogens is 1. The standard InChI is InChI=1S/C11H11ClN2/c1-14-7-6-9(11(14)13)8-4-2-3-5-10(8)12/h2-7H,13H2,1H3. The molecule has 72 valence electrons. The molecule has 0 saturated heterocycles. The Morgan fingerprint density at radius 1 is 1.14 bits per heavy atom. The number of hydrogen-bond acceptors (Lipinski definition) is 1. The van der Waals surface area contributed by atoms with E-state index >= 15 is 0 Å². The molecule has 2 rings (SSSR count). The fourth-order valence-corrected chi connectivity index (χ4v) is 1.69. The van der Waals surface area contributed by atoms with Gasteiger partial charge in [0, 0.05) is 29.4 Å². The van der Waals surface area contributed by atoms with Gasteiger partial charge in [0.25, 0.3) is 0 Å². The Kier molecular flexibility index (Phi) is 2.22. The van der Waals surface area contributed by atoms with Crippen LogP contribution in [0.5, 0.6) is 0 Å². The fraction of sp³-hybridized carbons (Fsp3) is 0.0909. The molecule has 0 bridgehead atoms. The van der Waals surface area contributed by atoms with Gasteiger partial charge in [-0.25, -0.2) is 0 Å². The van der Waals surface area contributed by atoms with Gasteiger partial charge >= 0.3 is 0 Å². The number of anilines is 1. The molecule has 2 aromatic rings. The van der Waals surface area contributed by atoms with Crippen LogP contribution in [-0.4, -0.2) is 4.57 Å². The summed E-state index contributed by atoms with van der Waals surface area (Å²) in [6.45, 7) is 0. The van der Waals surface area contributed by atoms with Gasteiger partial charge in [0.1, 0.15) is 5.82 Å². The van der Waals surface area contributed by atoms with Crippen molar-refractivity contribution in [3.63, 3.8) is 0 Å². The van der Waals surface area contributed by atoms with Gasteiger partial charge in [-0.15, -0.1) is 0 Å². The summed E-state index contributed by atoms with van der Waals surface area (Å²) < 4.78 is 1.87. The Bertz CT molecular complexity index is 460. The monoisotopic (exact) mass is 206 g/mol. The third kappa shape index (κ3) is 1.38. The van der Waals surface area contributed by atoms with E-state index in [9.17, 15) is 0 Å². The number of nitrogens with two attached hydrogens (primary N) is 1. The summed E-state index contributed by atoms with van der Waals surface area (Å²) in [7, 11) is 1.91. The van der Waals surface area contributed by atoms with Gasteiger partial charge in [0.2, 0.25) is 0 Å². The Morgan fingerprint density at radius 3 is 2.43 bits per heavy atom. The maximum absolute atomic E-state index is 6.08. The van der Waals surface area contributed by atoms with Crippen molar-refractivity contribution in [1.82, 2.24) is 4.57 Å².